The maximum atomic E-state index is 13.0. The van der Waals surface area contributed by atoms with Gasteiger partial charge in [0.25, 0.3) is 0 Å². The molecular weight excluding hydrogens is 323 g/mol. The van der Waals surface area contributed by atoms with Gasteiger partial charge in [0.2, 0.25) is 5.91 Å². The lowest BCUT2D eigenvalue weighted by atomic mass is 10.0. The fourth-order valence-corrected chi connectivity index (χ4v) is 2.76. The Morgan fingerprint density at radius 2 is 1.92 bits per heavy atom. The number of hydrogen-bond donors (Lipinski definition) is 0. The number of likely N-dealkylation sites (tertiary alicyclic amines) is 1. The minimum Gasteiger partial charge on any atom is -0.493 e. The van der Waals surface area contributed by atoms with Crippen LogP contribution < -0.4 is 9.47 Å². The quantitative estimate of drug-likeness (QED) is 0.783. The van der Waals surface area contributed by atoms with E-state index >= 15 is 0 Å². The van der Waals surface area contributed by atoms with E-state index in [1.807, 2.05) is 0 Å². The number of rotatable bonds is 4. The summed E-state index contributed by atoms with van der Waals surface area (Å²) in [5.74, 6) is 0.388. The maximum Gasteiger partial charge on any atom is 0.408 e. The number of alkyl halides is 3. The predicted molar refractivity (Wildman–Crippen MR) is 84.0 cm³/mol. The second kappa shape index (κ2) is 7.59. The van der Waals surface area contributed by atoms with Gasteiger partial charge in [-0.1, -0.05) is 6.07 Å². The number of halogens is 3. The Morgan fingerprint density at radius 1 is 1.21 bits per heavy atom. The van der Waals surface area contributed by atoms with Crippen molar-refractivity contribution in [2.24, 2.45) is 0 Å². The number of carbonyl (C=O) groups is 1. The molecule has 24 heavy (non-hydrogen) atoms. The Morgan fingerprint density at radius 3 is 2.54 bits per heavy atom. The molecule has 132 valence electrons. The normalized spacial score (nSPS) is 18.7. The molecule has 0 aromatic heterocycles. The minimum absolute atomic E-state index is 0.0422. The van der Waals surface area contributed by atoms with Crippen LogP contribution in [0.5, 0.6) is 11.5 Å². The molecule has 2 rings (SSSR count). The van der Waals surface area contributed by atoms with Crippen molar-refractivity contribution in [1.29, 1.82) is 0 Å². The Bertz CT molecular complexity index is 614. The van der Waals surface area contributed by atoms with Crippen LogP contribution >= 0.6 is 0 Å². The van der Waals surface area contributed by atoms with Crippen molar-refractivity contribution in [2.45, 2.75) is 31.5 Å². The first-order valence-corrected chi connectivity index (χ1v) is 7.64. The first-order valence-electron chi connectivity index (χ1n) is 7.64. The van der Waals surface area contributed by atoms with Crippen molar-refractivity contribution in [2.75, 3.05) is 20.8 Å². The fourth-order valence-electron chi connectivity index (χ4n) is 2.76. The highest BCUT2D eigenvalue weighted by molar-refractivity contribution is 5.92. The Hall–Kier alpha value is -2.18. The molecular formula is C17H20F3NO3. The molecule has 0 N–H and O–H groups in total. The van der Waals surface area contributed by atoms with E-state index in [-0.39, 0.29) is 13.0 Å². The van der Waals surface area contributed by atoms with E-state index in [9.17, 15) is 18.0 Å². The molecule has 1 aromatic rings. The zero-order valence-corrected chi connectivity index (χ0v) is 13.6. The highest BCUT2D eigenvalue weighted by atomic mass is 19.4. The summed E-state index contributed by atoms with van der Waals surface area (Å²) in [5.41, 5.74) is 0.640. The SMILES string of the molecule is COc1ccc(/C=C/C(=O)N2CCCCC2C(F)(F)F)cc1OC. The first kappa shape index (κ1) is 18.2. The van der Waals surface area contributed by atoms with E-state index in [0.717, 1.165) is 4.90 Å². The van der Waals surface area contributed by atoms with E-state index in [1.54, 1.807) is 18.2 Å². The average Bonchev–Trinajstić information content (AvgIpc) is 2.58. The molecule has 1 unspecified atom stereocenters. The first-order chi connectivity index (χ1) is 11.4. The Kier molecular flexibility index (Phi) is 5.75. The number of hydrogen-bond acceptors (Lipinski definition) is 3. The molecule has 4 nitrogen and oxygen atoms in total. The van der Waals surface area contributed by atoms with Crippen LogP contribution in [0.1, 0.15) is 24.8 Å². The summed E-state index contributed by atoms with van der Waals surface area (Å²) in [4.78, 5) is 13.1. The van der Waals surface area contributed by atoms with Crippen molar-refractivity contribution in [3.8, 4) is 11.5 Å². The minimum atomic E-state index is -4.40. The lowest BCUT2D eigenvalue weighted by Gasteiger charge is -2.36. The van der Waals surface area contributed by atoms with Gasteiger partial charge in [0.05, 0.1) is 14.2 Å². The number of amides is 1. The summed E-state index contributed by atoms with van der Waals surface area (Å²) in [6.07, 6.45) is -0.722. The fraction of sp³-hybridized carbons (Fsp3) is 0.471. The molecule has 1 saturated heterocycles. The molecule has 1 aliphatic heterocycles. The lowest BCUT2D eigenvalue weighted by Crippen LogP contribution is -2.50. The average molecular weight is 343 g/mol. The van der Waals surface area contributed by atoms with E-state index < -0.39 is 18.1 Å². The maximum absolute atomic E-state index is 13.0. The predicted octanol–water partition coefficient (Wildman–Crippen LogP) is 3.66. The van der Waals surface area contributed by atoms with Gasteiger partial charge in [0, 0.05) is 12.6 Å². The number of ether oxygens (including phenoxy) is 2. The summed E-state index contributed by atoms with van der Waals surface area (Å²) in [5, 5.41) is 0. The van der Waals surface area contributed by atoms with Crippen LogP contribution in [0, 0.1) is 0 Å². The monoisotopic (exact) mass is 343 g/mol. The number of piperidine rings is 1. The van der Waals surface area contributed by atoms with Crippen LogP contribution in [0.25, 0.3) is 6.08 Å². The number of carbonyl (C=O) groups excluding carboxylic acids is 1. The van der Waals surface area contributed by atoms with E-state index in [0.29, 0.717) is 29.9 Å². The van der Waals surface area contributed by atoms with Crippen molar-refractivity contribution in [1.82, 2.24) is 4.90 Å². The number of methoxy groups -OCH3 is 2. The molecule has 0 saturated carbocycles. The zero-order valence-electron chi connectivity index (χ0n) is 13.6. The largest absolute Gasteiger partial charge is 0.493 e. The summed E-state index contributed by atoms with van der Waals surface area (Å²) in [6.45, 7) is 0.124. The molecule has 1 aliphatic rings. The van der Waals surface area contributed by atoms with Crippen molar-refractivity contribution >= 4 is 12.0 Å². The van der Waals surface area contributed by atoms with Crippen molar-refractivity contribution < 1.29 is 27.4 Å². The summed E-state index contributed by atoms with van der Waals surface area (Å²) in [6, 6.07) is 3.32. The third kappa shape index (κ3) is 4.21. The topological polar surface area (TPSA) is 38.8 Å². The summed E-state index contributed by atoms with van der Waals surface area (Å²) < 4.78 is 49.4. The highest BCUT2D eigenvalue weighted by Crippen LogP contribution is 2.32. The Balaban J connectivity index is 2.14. The van der Waals surface area contributed by atoms with Gasteiger partial charge in [-0.2, -0.15) is 13.2 Å². The van der Waals surface area contributed by atoms with Gasteiger partial charge in [-0.3, -0.25) is 4.79 Å². The van der Waals surface area contributed by atoms with Gasteiger partial charge in [-0.25, -0.2) is 0 Å². The second-order valence-electron chi connectivity index (χ2n) is 5.53. The van der Waals surface area contributed by atoms with Crippen molar-refractivity contribution in [3.05, 3.63) is 29.8 Å². The Labute approximate surface area is 138 Å². The summed E-state index contributed by atoms with van der Waals surface area (Å²) in [7, 11) is 2.99. The van der Waals surface area contributed by atoms with Crippen LogP contribution in [0.3, 0.4) is 0 Å². The molecule has 7 heteroatoms. The van der Waals surface area contributed by atoms with E-state index in [4.69, 9.17) is 9.47 Å². The standard InChI is InChI=1S/C17H20F3NO3/c1-23-13-8-6-12(11-14(13)24-2)7-9-16(22)21-10-4-3-5-15(21)17(18,19)20/h6-9,11,15H,3-5,10H2,1-2H3/b9-7+. The van der Waals surface area contributed by atoms with Crippen LogP contribution in [0.15, 0.2) is 24.3 Å². The molecule has 1 atom stereocenters. The number of benzene rings is 1. The van der Waals surface area contributed by atoms with E-state index in [2.05, 4.69) is 0 Å². The van der Waals surface area contributed by atoms with Crippen LogP contribution in [-0.4, -0.2) is 43.8 Å². The molecule has 0 radical (unpaired) electrons. The van der Waals surface area contributed by atoms with Crippen LogP contribution in [0.4, 0.5) is 13.2 Å². The van der Waals surface area contributed by atoms with Gasteiger partial charge in [0.1, 0.15) is 6.04 Å². The van der Waals surface area contributed by atoms with Crippen molar-refractivity contribution in [3.63, 3.8) is 0 Å². The molecule has 0 spiro atoms. The van der Waals surface area contributed by atoms with Crippen LogP contribution in [0.2, 0.25) is 0 Å². The summed E-state index contributed by atoms with van der Waals surface area (Å²) >= 11 is 0. The van der Waals surface area contributed by atoms with Crippen LogP contribution in [-0.2, 0) is 4.79 Å². The van der Waals surface area contributed by atoms with Gasteiger partial charge in [-0.15, -0.1) is 0 Å². The van der Waals surface area contributed by atoms with Gasteiger partial charge in [-0.05, 0) is 43.0 Å². The molecule has 1 fully saturated rings. The van der Waals surface area contributed by atoms with E-state index in [1.165, 1.54) is 26.4 Å². The second-order valence-corrected chi connectivity index (χ2v) is 5.53. The van der Waals surface area contributed by atoms with Gasteiger partial charge >= 0.3 is 6.18 Å². The highest BCUT2D eigenvalue weighted by Gasteiger charge is 2.45. The molecule has 0 bridgehead atoms. The molecule has 1 amide bonds. The zero-order chi connectivity index (χ0) is 17.7. The van der Waals surface area contributed by atoms with Gasteiger partial charge in [0.15, 0.2) is 11.5 Å². The van der Waals surface area contributed by atoms with Gasteiger partial charge < -0.3 is 14.4 Å². The third-order valence-electron chi connectivity index (χ3n) is 3.99. The number of nitrogens with zero attached hydrogens (tertiary/aromatic N) is 1. The molecule has 1 aromatic carbocycles. The smallest absolute Gasteiger partial charge is 0.408 e. The molecule has 1 heterocycles. The molecule has 0 aliphatic carbocycles. The third-order valence-corrected chi connectivity index (χ3v) is 3.99. The lowest BCUT2D eigenvalue weighted by molar-refractivity contribution is -0.193.